The van der Waals surface area contributed by atoms with Gasteiger partial charge in [0.15, 0.2) is 5.76 Å². The number of aromatic nitrogens is 1. The van der Waals surface area contributed by atoms with Crippen molar-refractivity contribution in [3.05, 3.63) is 21.7 Å². The van der Waals surface area contributed by atoms with Gasteiger partial charge in [-0.25, -0.2) is 0 Å². The number of fused-ring (bicyclic) bond motifs is 1. The molecule has 0 aliphatic carbocycles. The molecule has 0 fully saturated rings. The Morgan fingerprint density at radius 3 is 3.00 bits per heavy atom. The first-order valence-corrected chi connectivity index (χ1v) is 3.60. The normalized spacial score (nSPS) is 20.3. The van der Waals surface area contributed by atoms with E-state index in [2.05, 4.69) is 10.5 Å². The van der Waals surface area contributed by atoms with Crippen molar-refractivity contribution in [2.24, 2.45) is 0 Å². The molecule has 2 rings (SSSR count). The zero-order chi connectivity index (χ0) is 8.77. The van der Waals surface area contributed by atoms with E-state index in [0.717, 1.165) is 0 Å². The highest BCUT2D eigenvalue weighted by atomic mass is 16.5. The van der Waals surface area contributed by atoms with E-state index in [1.165, 1.54) is 0 Å². The highest BCUT2D eigenvalue weighted by molar-refractivity contribution is 6.40. The van der Waals surface area contributed by atoms with Crippen LogP contribution in [0.4, 0.5) is 0 Å². The molecule has 0 saturated heterocycles. The van der Waals surface area contributed by atoms with E-state index < -0.39 is 5.34 Å². The number of H-pyrrole nitrogens is 1. The Morgan fingerprint density at radius 1 is 1.50 bits per heavy atom. The van der Waals surface area contributed by atoms with Crippen molar-refractivity contribution in [3.63, 3.8) is 0 Å². The number of nitrogens with one attached hydrogen (secondary N) is 2. The van der Waals surface area contributed by atoms with Crippen molar-refractivity contribution < 1.29 is 4.52 Å². The van der Waals surface area contributed by atoms with Crippen LogP contribution in [0.25, 0.3) is 0 Å². The van der Waals surface area contributed by atoms with Gasteiger partial charge in [-0.2, -0.15) is 5.16 Å². The first-order valence-electron chi connectivity index (χ1n) is 3.60. The van der Waals surface area contributed by atoms with Gasteiger partial charge in [0.05, 0.1) is 27.8 Å². The predicted octanol–water partition coefficient (Wildman–Crippen LogP) is -1.40. The van der Waals surface area contributed by atoms with Gasteiger partial charge in [0, 0.05) is 0 Å². The zero-order valence-electron chi connectivity index (χ0n) is 6.39. The second kappa shape index (κ2) is 2.29. The van der Waals surface area contributed by atoms with Gasteiger partial charge in [0.25, 0.3) is 5.56 Å². The minimum absolute atomic E-state index is 0.244. The molecule has 0 unspecified atom stereocenters. The van der Waals surface area contributed by atoms with Gasteiger partial charge in [-0.1, -0.05) is 5.34 Å². The summed E-state index contributed by atoms with van der Waals surface area (Å²) in [4.78, 5) is 11.1. The van der Waals surface area contributed by atoms with Crippen molar-refractivity contribution >= 4 is 15.7 Å². The lowest BCUT2D eigenvalue weighted by Gasteiger charge is -2.30. The van der Waals surface area contributed by atoms with Crippen LogP contribution < -0.4 is 10.9 Å². The van der Waals surface area contributed by atoms with Crippen molar-refractivity contribution in [1.29, 1.82) is 0 Å². The monoisotopic (exact) mass is 160 g/mol. The molecule has 1 aromatic heterocycles. The Kier molecular flexibility index (Phi) is 1.48. The second-order valence-electron chi connectivity index (χ2n) is 3.01. The molecule has 58 valence electrons. The maximum atomic E-state index is 11.1. The van der Waals surface area contributed by atoms with Crippen molar-refractivity contribution in [2.45, 2.75) is 18.3 Å². The quantitative estimate of drug-likeness (QED) is 0.459. The fourth-order valence-electron chi connectivity index (χ4n) is 1.28. The molecule has 12 heavy (non-hydrogen) atoms. The van der Waals surface area contributed by atoms with E-state index in [1.54, 1.807) is 0 Å². The molecular formula is C6H6B2N2O2. The summed E-state index contributed by atoms with van der Waals surface area (Å²) in [7, 11) is 11.2. The molecule has 0 spiro atoms. The fourth-order valence-corrected chi connectivity index (χ4v) is 1.28. The molecule has 0 aromatic carbocycles. The third-order valence-corrected chi connectivity index (χ3v) is 1.92. The minimum Gasteiger partial charge on any atom is -0.382 e. The first-order chi connectivity index (χ1) is 5.58. The molecule has 2 N–H and O–H groups in total. The van der Waals surface area contributed by atoms with Gasteiger partial charge in [-0.3, -0.25) is 4.79 Å². The van der Waals surface area contributed by atoms with Crippen molar-refractivity contribution in [1.82, 2.24) is 10.5 Å². The Morgan fingerprint density at radius 2 is 2.25 bits per heavy atom. The molecule has 4 nitrogen and oxygen atoms in total. The minimum atomic E-state index is -0.996. The molecule has 0 saturated carbocycles. The Labute approximate surface area is 71.5 Å². The van der Waals surface area contributed by atoms with Crippen LogP contribution in [0.3, 0.4) is 0 Å². The van der Waals surface area contributed by atoms with Gasteiger partial charge >= 0.3 is 0 Å². The lowest BCUT2D eigenvalue weighted by molar-refractivity contribution is 0.353. The highest BCUT2D eigenvalue weighted by Gasteiger charge is 2.27. The number of rotatable bonds is 0. The number of hydrogen-bond donors (Lipinski definition) is 2. The third kappa shape index (κ3) is 1.12. The van der Waals surface area contributed by atoms with Crippen LogP contribution in [0.1, 0.15) is 11.3 Å². The van der Waals surface area contributed by atoms with Crippen molar-refractivity contribution in [3.8, 4) is 0 Å². The predicted molar refractivity (Wildman–Crippen MR) is 44.1 cm³/mol. The Balaban J connectivity index is 2.45. The Bertz CT molecular complexity index is 355. The van der Waals surface area contributed by atoms with Gasteiger partial charge in [-0.05, 0) is 6.42 Å². The summed E-state index contributed by atoms with van der Waals surface area (Å²) in [6.07, 6.45) is 0.286. The zero-order valence-corrected chi connectivity index (χ0v) is 6.39. The van der Waals surface area contributed by atoms with E-state index in [-0.39, 0.29) is 12.0 Å². The number of hydrogen-bond acceptors (Lipinski definition) is 3. The average molecular weight is 160 g/mol. The van der Waals surface area contributed by atoms with Gasteiger partial charge in [0.1, 0.15) is 0 Å². The average Bonchev–Trinajstić information content (AvgIpc) is 2.31. The molecular weight excluding hydrogens is 154 g/mol. The molecule has 0 amide bonds. The molecule has 4 radical (unpaired) electrons. The molecule has 6 heteroatoms. The van der Waals surface area contributed by atoms with Crippen LogP contribution in [0.15, 0.2) is 9.32 Å². The van der Waals surface area contributed by atoms with Crippen LogP contribution in [-0.4, -0.2) is 26.2 Å². The topological polar surface area (TPSA) is 58.0 Å². The maximum absolute atomic E-state index is 11.1. The van der Waals surface area contributed by atoms with E-state index in [9.17, 15) is 4.79 Å². The second-order valence-corrected chi connectivity index (χ2v) is 3.01. The van der Waals surface area contributed by atoms with Crippen LogP contribution in [0.2, 0.25) is 0 Å². The van der Waals surface area contributed by atoms with Crippen LogP contribution in [-0.2, 0) is 13.0 Å². The largest absolute Gasteiger partial charge is 0.382 e. The summed E-state index contributed by atoms with van der Waals surface area (Å²) in [5.41, 5.74) is 0.297. The SMILES string of the molecule is [B]C1([B])Cc2c(o[nH]c2=O)CN1. The van der Waals surface area contributed by atoms with E-state index >= 15 is 0 Å². The van der Waals surface area contributed by atoms with E-state index in [0.29, 0.717) is 17.9 Å². The van der Waals surface area contributed by atoms with Crippen LogP contribution in [0.5, 0.6) is 0 Å². The summed E-state index contributed by atoms with van der Waals surface area (Å²) < 4.78 is 4.87. The highest BCUT2D eigenvalue weighted by Crippen LogP contribution is 2.15. The summed E-state index contributed by atoms with van der Waals surface area (Å²) >= 11 is 0. The van der Waals surface area contributed by atoms with Gasteiger partial charge in [0.2, 0.25) is 0 Å². The van der Waals surface area contributed by atoms with Crippen LogP contribution >= 0.6 is 0 Å². The van der Waals surface area contributed by atoms with Crippen LogP contribution in [0, 0.1) is 0 Å². The molecule has 1 aliphatic rings. The molecule has 0 atom stereocenters. The molecule has 1 aromatic rings. The molecule has 2 heterocycles. The first kappa shape index (κ1) is 7.73. The third-order valence-electron chi connectivity index (χ3n) is 1.92. The van der Waals surface area contributed by atoms with E-state index in [4.69, 9.17) is 20.2 Å². The summed E-state index contributed by atoms with van der Waals surface area (Å²) in [6, 6.07) is 0. The summed E-state index contributed by atoms with van der Waals surface area (Å²) in [5.74, 6) is 0.589. The van der Waals surface area contributed by atoms with Crippen molar-refractivity contribution in [2.75, 3.05) is 0 Å². The van der Waals surface area contributed by atoms with Gasteiger partial charge < -0.3 is 9.84 Å². The molecule has 1 aliphatic heterocycles. The fraction of sp³-hybridized carbons (Fsp3) is 0.500. The lowest BCUT2D eigenvalue weighted by atomic mass is 9.58. The standard InChI is InChI=1S/C6H6B2N2O2/c7-6(8)1-3-4(2-9-6)12-10-5(3)11/h9H,1-2H2,(H,10,11). The van der Waals surface area contributed by atoms with Gasteiger partial charge in [-0.15, -0.1) is 0 Å². The molecule has 0 bridgehead atoms. The summed E-state index contributed by atoms with van der Waals surface area (Å²) in [5, 5.41) is 4.07. The summed E-state index contributed by atoms with van der Waals surface area (Å²) in [6.45, 7) is 0.390. The van der Waals surface area contributed by atoms with E-state index in [1.807, 2.05) is 0 Å². The number of aromatic amines is 1. The maximum Gasteiger partial charge on any atom is 0.283 e. The smallest absolute Gasteiger partial charge is 0.283 e. The Hall–Kier alpha value is -0.900. The lowest BCUT2D eigenvalue weighted by Crippen LogP contribution is -2.51.